The molecule has 0 fully saturated rings. The smallest absolute Gasteiger partial charge is 0.258 e. The Bertz CT molecular complexity index is 358. The van der Waals surface area contributed by atoms with E-state index in [1.54, 1.807) is 24.3 Å². The minimum absolute atomic E-state index is 0.00937. The summed E-state index contributed by atoms with van der Waals surface area (Å²) in [4.78, 5) is 11.6. The van der Waals surface area contributed by atoms with Gasteiger partial charge in [-0.05, 0) is 30.5 Å². The number of hydrogen-bond donors (Lipinski definition) is 2. The topological polar surface area (TPSA) is 58.6 Å². The average molecular weight is 251 g/mol. The molecule has 0 atom stereocenters. The zero-order valence-corrected chi connectivity index (χ0v) is 11.0. The minimum Gasteiger partial charge on any atom is -0.484 e. The number of aliphatic hydroxyl groups is 1. The van der Waals surface area contributed by atoms with Crippen LogP contribution >= 0.6 is 0 Å². The van der Waals surface area contributed by atoms with Crippen molar-refractivity contribution in [2.24, 2.45) is 0 Å². The van der Waals surface area contributed by atoms with Crippen molar-refractivity contribution >= 4 is 5.91 Å². The first-order valence-corrected chi connectivity index (χ1v) is 6.31. The van der Waals surface area contributed by atoms with Crippen LogP contribution in [0.15, 0.2) is 24.3 Å². The summed E-state index contributed by atoms with van der Waals surface area (Å²) in [5.41, 5.74) is 0.823. The quantitative estimate of drug-likeness (QED) is 0.777. The van der Waals surface area contributed by atoms with Gasteiger partial charge in [0, 0.05) is 6.04 Å². The van der Waals surface area contributed by atoms with E-state index in [-0.39, 0.29) is 25.2 Å². The Morgan fingerprint density at radius 2 is 1.89 bits per heavy atom. The van der Waals surface area contributed by atoms with Gasteiger partial charge in [-0.25, -0.2) is 0 Å². The fraction of sp³-hybridized carbons (Fsp3) is 0.500. The minimum atomic E-state index is -0.102. The fourth-order valence-electron chi connectivity index (χ4n) is 1.60. The van der Waals surface area contributed by atoms with Crippen molar-refractivity contribution in [2.45, 2.75) is 39.3 Å². The average Bonchev–Trinajstić information content (AvgIpc) is 2.43. The predicted octanol–water partition coefficient (Wildman–Crippen LogP) is 1.86. The van der Waals surface area contributed by atoms with Crippen molar-refractivity contribution in [3.8, 4) is 5.75 Å². The summed E-state index contributed by atoms with van der Waals surface area (Å²) in [6, 6.07) is 7.26. The fourth-order valence-corrected chi connectivity index (χ4v) is 1.60. The summed E-state index contributed by atoms with van der Waals surface area (Å²) in [5, 5.41) is 11.8. The lowest BCUT2D eigenvalue weighted by Crippen LogP contribution is -2.37. The van der Waals surface area contributed by atoms with E-state index < -0.39 is 0 Å². The third-order valence-electron chi connectivity index (χ3n) is 2.83. The van der Waals surface area contributed by atoms with Gasteiger partial charge < -0.3 is 15.2 Å². The Labute approximate surface area is 108 Å². The summed E-state index contributed by atoms with van der Waals surface area (Å²) in [6.45, 7) is 4.12. The van der Waals surface area contributed by atoms with Crippen molar-refractivity contribution in [3.63, 3.8) is 0 Å². The number of amides is 1. The molecule has 0 aliphatic heterocycles. The number of aliphatic hydroxyl groups excluding tert-OH is 1. The molecular formula is C14H21NO3. The molecule has 0 unspecified atom stereocenters. The summed E-state index contributed by atoms with van der Waals surface area (Å²) in [7, 11) is 0. The second-order valence-electron chi connectivity index (χ2n) is 4.17. The van der Waals surface area contributed by atoms with Crippen molar-refractivity contribution in [3.05, 3.63) is 29.8 Å². The zero-order valence-electron chi connectivity index (χ0n) is 11.0. The van der Waals surface area contributed by atoms with Crippen LogP contribution in [0.3, 0.4) is 0 Å². The van der Waals surface area contributed by atoms with E-state index in [4.69, 9.17) is 9.84 Å². The van der Waals surface area contributed by atoms with Gasteiger partial charge in [-0.3, -0.25) is 4.79 Å². The molecule has 0 bridgehead atoms. The van der Waals surface area contributed by atoms with Gasteiger partial charge in [-0.2, -0.15) is 0 Å². The molecule has 0 heterocycles. The molecule has 2 N–H and O–H groups in total. The highest BCUT2D eigenvalue weighted by atomic mass is 16.5. The van der Waals surface area contributed by atoms with Gasteiger partial charge in [0.2, 0.25) is 0 Å². The normalized spacial score (nSPS) is 10.4. The Kier molecular flexibility index (Phi) is 6.22. The van der Waals surface area contributed by atoms with Crippen LogP contribution in [0.25, 0.3) is 0 Å². The highest BCUT2D eigenvalue weighted by Crippen LogP contribution is 2.11. The van der Waals surface area contributed by atoms with E-state index in [9.17, 15) is 4.79 Å². The molecule has 1 aromatic rings. The monoisotopic (exact) mass is 251 g/mol. The Morgan fingerprint density at radius 1 is 1.28 bits per heavy atom. The zero-order chi connectivity index (χ0) is 13.4. The summed E-state index contributed by atoms with van der Waals surface area (Å²) >= 11 is 0. The van der Waals surface area contributed by atoms with Gasteiger partial charge in [0.1, 0.15) is 5.75 Å². The van der Waals surface area contributed by atoms with Crippen LogP contribution in [0.4, 0.5) is 0 Å². The Morgan fingerprint density at radius 3 is 2.39 bits per heavy atom. The third-order valence-corrected chi connectivity index (χ3v) is 2.83. The summed E-state index contributed by atoms with van der Waals surface area (Å²) in [5.74, 6) is 0.529. The van der Waals surface area contributed by atoms with E-state index in [2.05, 4.69) is 5.32 Å². The maximum atomic E-state index is 11.6. The number of hydrogen-bond acceptors (Lipinski definition) is 3. The first-order chi connectivity index (χ1) is 8.69. The molecule has 0 saturated heterocycles. The van der Waals surface area contributed by atoms with E-state index in [0.29, 0.717) is 5.75 Å². The maximum absolute atomic E-state index is 11.6. The SMILES string of the molecule is CCC(CC)NC(=O)COc1ccc(CO)cc1. The second-order valence-corrected chi connectivity index (χ2v) is 4.17. The molecular weight excluding hydrogens is 230 g/mol. The van der Waals surface area contributed by atoms with Gasteiger partial charge in [0.05, 0.1) is 6.61 Å². The van der Waals surface area contributed by atoms with Crippen LogP contribution in [0.2, 0.25) is 0 Å². The van der Waals surface area contributed by atoms with E-state index >= 15 is 0 Å². The standard InChI is InChI=1S/C14H21NO3/c1-3-12(4-2)15-14(17)10-18-13-7-5-11(9-16)6-8-13/h5-8,12,16H,3-4,9-10H2,1-2H3,(H,15,17). The van der Waals surface area contributed by atoms with E-state index in [0.717, 1.165) is 18.4 Å². The van der Waals surface area contributed by atoms with Crippen LogP contribution in [0, 0.1) is 0 Å². The molecule has 0 aliphatic rings. The molecule has 100 valence electrons. The largest absolute Gasteiger partial charge is 0.484 e. The van der Waals surface area contributed by atoms with Crippen molar-refractivity contribution < 1.29 is 14.6 Å². The number of benzene rings is 1. The molecule has 0 radical (unpaired) electrons. The van der Waals surface area contributed by atoms with Gasteiger partial charge in [-0.15, -0.1) is 0 Å². The van der Waals surface area contributed by atoms with Crippen LogP contribution < -0.4 is 10.1 Å². The van der Waals surface area contributed by atoms with Gasteiger partial charge in [-0.1, -0.05) is 26.0 Å². The first-order valence-electron chi connectivity index (χ1n) is 6.31. The van der Waals surface area contributed by atoms with Gasteiger partial charge in [0.15, 0.2) is 6.61 Å². The Hall–Kier alpha value is -1.55. The Balaban J connectivity index is 2.37. The molecule has 4 nitrogen and oxygen atoms in total. The number of nitrogens with one attached hydrogen (secondary N) is 1. The molecule has 1 amide bonds. The number of carbonyl (C=O) groups is 1. The third kappa shape index (κ3) is 4.75. The van der Waals surface area contributed by atoms with Crippen molar-refractivity contribution in [1.29, 1.82) is 0 Å². The molecule has 0 saturated carbocycles. The van der Waals surface area contributed by atoms with Gasteiger partial charge >= 0.3 is 0 Å². The van der Waals surface area contributed by atoms with E-state index in [1.165, 1.54) is 0 Å². The van der Waals surface area contributed by atoms with Crippen LogP contribution in [0.5, 0.6) is 5.75 Å². The van der Waals surface area contributed by atoms with Crippen LogP contribution in [-0.4, -0.2) is 23.7 Å². The highest BCUT2D eigenvalue weighted by Gasteiger charge is 2.08. The number of carbonyl (C=O) groups excluding carboxylic acids is 1. The molecule has 18 heavy (non-hydrogen) atoms. The second kappa shape index (κ2) is 7.71. The van der Waals surface area contributed by atoms with Crippen LogP contribution in [-0.2, 0) is 11.4 Å². The molecule has 0 aromatic heterocycles. The highest BCUT2D eigenvalue weighted by molar-refractivity contribution is 5.77. The van der Waals surface area contributed by atoms with Gasteiger partial charge in [0.25, 0.3) is 5.91 Å². The lowest BCUT2D eigenvalue weighted by Gasteiger charge is -2.15. The van der Waals surface area contributed by atoms with Crippen molar-refractivity contribution in [1.82, 2.24) is 5.32 Å². The number of ether oxygens (including phenoxy) is 1. The molecule has 0 spiro atoms. The maximum Gasteiger partial charge on any atom is 0.258 e. The number of rotatable bonds is 7. The molecule has 1 aromatic carbocycles. The van der Waals surface area contributed by atoms with Crippen LogP contribution in [0.1, 0.15) is 32.3 Å². The molecule has 1 rings (SSSR count). The predicted molar refractivity (Wildman–Crippen MR) is 70.4 cm³/mol. The van der Waals surface area contributed by atoms with E-state index in [1.807, 2.05) is 13.8 Å². The molecule has 4 heteroatoms. The lowest BCUT2D eigenvalue weighted by molar-refractivity contribution is -0.123. The summed E-state index contributed by atoms with van der Waals surface area (Å²) < 4.78 is 5.36. The first kappa shape index (κ1) is 14.5. The lowest BCUT2D eigenvalue weighted by atomic mass is 10.2. The van der Waals surface area contributed by atoms with Crippen molar-refractivity contribution in [2.75, 3.05) is 6.61 Å². The molecule has 0 aliphatic carbocycles. The summed E-state index contributed by atoms with van der Waals surface area (Å²) in [6.07, 6.45) is 1.85.